The molecular formula is C35H45N4O6+. The van der Waals surface area contributed by atoms with Crippen LogP contribution in [0.2, 0.25) is 0 Å². The van der Waals surface area contributed by atoms with Crippen LogP contribution in [0.5, 0.6) is 11.5 Å². The Morgan fingerprint density at radius 2 is 1.82 bits per heavy atom. The van der Waals surface area contributed by atoms with Crippen LogP contribution in [0.25, 0.3) is 0 Å². The van der Waals surface area contributed by atoms with E-state index in [2.05, 4.69) is 40.2 Å². The number of aryl methyl sites for hydroxylation is 1. The van der Waals surface area contributed by atoms with Gasteiger partial charge < -0.3 is 28.5 Å². The van der Waals surface area contributed by atoms with Gasteiger partial charge in [-0.2, -0.15) is 0 Å². The molecule has 3 atom stereocenters. The predicted octanol–water partition coefficient (Wildman–Crippen LogP) is 4.18. The lowest BCUT2D eigenvalue weighted by molar-refractivity contribution is -0.884. The van der Waals surface area contributed by atoms with E-state index in [1.807, 2.05) is 40.1 Å². The van der Waals surface area contributed by atoms with Gasteiger partial charge in [-0.25, -0.2) is 0 Å². The third-order valence-electron chi connectivity index (χ3n) is 8.68. The monoisotopic (exact) mass is 617 g/mol. The van der Waals surface area contributed by atoms with Gasteiger partial charge in [-0.1, -0.05) is 37.6 Å². The van der Waals surface area contributed by atoms with Crippen molar-refractivity contribution in [1.82, 2.24) is 9.47 Å². The number of carboxylic acid groups (broad SMARTS) is 1. The van der Waals surface area contributed by atoms with Crippen LogP contribution in [0.4, 0.5) is 5.69 Å². The Bertz CT molecular complexity index is 1560. The van der Waals surface area contributed by atoms with Gasteiger partial charge in [0.25, 0.3) is 0 Å². The van der Waals surface area contributed by atoms with E-state index < -0.39 is 17.9 Å². The molecule has 1 fully saturated rings. The first-order valence-corrected chi connectivity index (χ1v) is 15.8. The summed E-state index contributed by atoms with van der Waals surface area (Å²) in [5.74, 6) is -0.918. The van der Waals surface area contributed by atoms with Crippen LogP contribution in [0, 0.1) is 5.92 Å². The van der Waals surface area contributed by atoms with Gasteiger partial charge in [-0.15, -0.1) is 0 Å². The van der Waals surface area contributed by atoms with Gasteiger partial charge in [0.2, 0.25) is 18.3 Å². The first kappa shape index (κ1) is 32.2. The number of nitrogens with zero attached hydrogens (tertiary/aromatic N) is 4. The highest BCUT2D eigenvalue weighted by Crippen LogP contribution is 2.43. The quantitative estimate of drug-likeness (QED) is 0.287. The number of unbranched alkanes of at least 4 members (excludes halogenated alkanes) is 1. The van der Waals surface area contributed by atoms with E-state index in [1.54, 1.807) is 22.9 Å². The fraction of sp³-hybridized carbons (Fsp3) is 0.457. The Balaban J connectivity index is 1.45. The number of carbonyl (C=O) groups excluding carboxylic acids is 1. The van der Waals surface area contributed by atoms with Crippen LogP contribution in [-0.2, 0) is 22.7 Å². The Morgan fingerprint density at radius 3 is 2.56 bits per heavy atom. The smallest absolute Gasteiger partial charge is 0.308 e. The lowest BCUT2D eigenvalue weighted by Crippen LogP contribution is -2.45. The molecule has 1 N–H and O–H groups in total. The second-order valence-corrected chi connectivity index (χ2v) is 13.1. The van der Waals surface area contributed by atoms with Gasteiger partial charge in [0, 0.05) is 55.1 Å². The number of hydrogen-bond donors (Lipinski definition) is 1. The van der Waals surface area contributed by atoms with Crippen LogP contribution < -0.4 is 19.9 Å². The van der Waals surface area contributed by atoms with Crippen LogP contribution in [0.3, 0.4) is 0 Å². The van der Waals surface area contributed by atoms with E-state index in [0.29, 0.717) is 37.6 Å². The number of anilines is 1. The molecule has 2 aliphatic heterocycles. The summed E-state index contributed by atoms with van der Waals surface area (Å²) in [7, 11) is 6.41. The summed E-state index contributed by atoms with van der Waals surface area (Å²) in [6, 6.07) is 18.2. The molecule has 0 bridgehead atoms. The van der Waals surface area contributed by atoms with Crippen molar-refractivity contribution in [3.8, 4) is 11.5 Å². The van der Waals surface area contributed by atoms with Crippen molar-refractivity contribution in [2.45, 2.75) is 51.2 Å². The van der Waals surface area contributed by atoms with E-state index in [-0.39, 0.29) is 30.7 Å². The van der Waals surface area contributed by atoms with E-state index in [0.717, 1.165) is 40.7 Å². The molecule has 10 heteroatoms. The zero-order chi connectivity index (χ0) is 32.1. The van der Waals surface area contributed by atoms with E-state index in [9.17, 15) is 19.5 Å². The Hall–Kier alpha value is -4.15. The number of aromatic nitrogens is 1. The number of fused-ring (bicyclic) bond motifs is 1. The third-order valence-corrected chi connectivity index (χ3v) is 8.68. The number of benzene rings is 2. The van der Waals surface area contributed by atoms with Crippen LogP contribution in [0.15, 0.2) is 71.7 Å². The van der Waals surface area contributed by atoms with E-state index >= 15 is 0 Å². The third kappa shape index (κ3) is 7.75. The molecule has 2 aromatic carbocycles. The fourth-order valence-electron chi connectivity index (χ4n) is 6.59. The molecular weight excluding hydrogens is 572 g/mol. The number of hydrogen-bond acceptors (Lipinski definition) is 6. The molecule has 2 aliphatic rings. The SMILES string of the molecule is CCCCN(C(=O)CN1C[C@H](c2ccc3c(c2)OCO3)C(C(=O)O)[C@@H]1CCn1ccccc1=O)c1cccc(C[N+](C)(C)C)c1. The number of amides is 1. The number of ether oxygens (including phenoxy) is 2. The highest BCUT2D eigenvalue weighted by Gasteiger charge is 2.47. The molecule has 3 heterocycles. The molecule has 0 saturated carbocycles. The summed E-state index contributed by atoms with van der Waals surface area (Å²) >= 11 is 0. The fourth-order valence-corrected chi connectivity index (χ4v) is 6.59. The van der Waals surface area contributed by atoms with Crippen molar-refractivity contribution >= 4 is 17.6 Å². The summed E-state index contributed by atoms with van der Waals surface area (Å²) in [6.45, 7) is 4.45. The maximum absolute atomic E-state index is 14.2. The minimum Gasteiger partial charge on any atom is -0.481 e. The number of likely N-dealkylation sites (tertiary alicyclic amines) is 1. The van der Waals surface area contributed by atoms with E-state index in [1.165, 1.54) is 6.07 Å². The standard InChI is InChI=1S/C35H44N4O6/c1-5-6-17-38(27-11-9-10-25(19-27)23-39(2,3)4)33(41)22-37-21-28(26-13-14-30-31(20-26)45-24-44-30)34(35(42)43)29(37)15-18-36-16-8-7-12-32(36)40/h7-14,16,19-20,28-29,34H,5-6,15,17-18,21-24H2,1-4H3/p+1/t28-,29+,34?/m1/s1. The summed E-state index contributed by atoms with van der Waals surface area (Å²) in [4.78, 5) is 43.5. The summed E-state index contributed by atoms with van der Waals surface area (Å²) in [5, 5.41) is 10.6. The van der Waals surface area contributed by atoms with Crippen molar-refractivity contribution in [2.24, 2.45) is 5.92 Å². The summed E-state index contributed by atoms with van der Waals surface area (Å²) in [6.07, 6.45) is 3.91. The van der Waals surface area contributed by atoms with Gasteiger partial charge in [0.15, 0.2) is 11.5 Å². The highest BCUT2D eigenvalue weighted by atomic mass is 16.7. The summed E-state index contributed by atoms with van der Waals surface area (Å²) in [5.41, 5.74) is 2.69. The number of rotatable bonds is 13. The molecule has 0 spiro atoms. The molecule has 1 amide bonds. The van der Waals surface area contributed by atoms with Gasteiger partial charge in [-0.3, -0.25) is 19.3 Å². The Labute approximate surface area is 265 Å². The first-order valence-electron chi connectivity index (χ1n) is 15.8. The van der Waals surface area contributed by atoms with Gasteiger partial charge in [0.05, 0.1) is 33.6 Å². The van der Waals surface area contributed by atoms with Gasteiger partial charge >= 0.3 is 5.97 Å². The molecule has 10 nitrogen and oxygen atoms in total. The number of carbonyl (C=O) groups is 2. The zero-order valence-electron chi connectivity index (χ0n) is 26.7. The molecule has 0 aliphatic carbocycles. The van der Waals surface area contributed by atoms with Crippen molar-refractivity contribution in [3.05, 3.63) is 88.3 Å². The van der Waals surface area contributed by atoms with E-state index in [4.69, 9.17) is 9.47 Å². The maximum Gasteiger partial charge on any atom is 0.308 e. The van der Waals surface area contributed by atoms with Crippen molar-refractivity contribution in [3.63, 3.8) is 0 Å². The van der Waals surface area contributed by atoms with Crippen molar-refractivity contribution < 1.29 is 28.7 Å². The number of pyridine rings is 1. The molecule has 45 heavy (non-hydrogen) atoms. The molecule has 240 valence electrons. The van der Waals surface area contributed by atoms with Crippen LogP contribution >= 0.6 is 0 Å². The first-order chi connectivity index (χ1) is 21.5. The number of aliphatic carboxylic acids is 1. The summed E-state index contributed by atoms with van der Waals surface area (Å²) < 4.78 is 13.5. The molecule has 3 aromatic rings. The minimum atomic E-state index is -0.922. The zero-order valence-corrected chi connectivity index (χ0v) is 26.7. The molecule has 1 saturated heterocycles. The molecule has 1 unspecified atom stereocenters. The average Bonchev–Trinajstić information content (AvgIpc) is 3.60. The minimum absolute atomic E-state index is 0.0665. The average molecular weight is 618 g/mol. The second kappa shape index (κ2) is 13.9. The lowest BCUT2D eigenvalue weighted by Gasteiger charge is -2.30. The van der Waals surface area contributed by atoms with Crippen molar-refractivity contribution in [2.75, 3.05) is 52.5 Å². The normalized spacial score (nSPS) is 19.5. The molecule has 5 rings (SSSR count). The highest BCUT2D eigenvalue weighted by molar-refractivity contribution is 5.95. The van der Waals surface area contributed by atoms with Crippen LogP contribution in [0.1, 0.15) is 43.2 Å². The second-order valence-electron chi connectivity index (χ2n) is 13.1. The topological polar surface area (TPSA) is 101 Å². The maximum atomic E-state index is 14.2. The Morgan fingerprint density at radius 1 is 1.02 bits per heavy atom. The molecule has 0 radical (unpaired) electrons. The predicted molar refractivity (Wildman–Crippen MR) is 173 cm³/mol. The lowest BCUT2D eigenvalue weighted by atomic mass is 9.84. The number of carboxylic acids is 1. The Kier molecular flexibility index (Phi) is 9.94. The number of quaternary nitrogens is 1. The van der Waals surface area contributed by atoms with Crippen LogP contribution in [-0.4, -0.2) is 84.5 Å². The molecule has 1 aromatic heterocycles. The largest absolute Gasteiger partial charge is 0.481 e. The van der Waals surface area contributed by atoms with Crippen molar-refractivity contribution in [1.29, 1.82) is 0 Å². The van der Waals surface area contributed by atoms with Gasteiger partial charge in [-0.05, 0) is 48.7 Å². The van der Waals surface area contributed by atoms with Gasteiger partial charge in [0.1, 0.15) is 6.54 Å².